The average Bonchev–Trinajstić information content (AvgIpc) is 2.73. The first-order valence-electron chi connectivity index (χ1n) is 4.54. The van der Waals surface area contributed by atoms with Gasteiger partial charge in [-0.15, -0.1) is 0 Å². The molecule has 1 saturated heterocycles. The molecule has 17 heavy (non-hydrogen) atoms. The van der Waals surface area contributed by atoms with Crippen LogP contribution >= 0.6 is 0 Å². The third kappa shape index (κ3) is 3.21. The summed E-state index contributed by atoms with van der Waals surface area (Å²) in [6.45, 7) is -2.68. The van der Waals surface area contributed by atoms with E-state index >= 15 is 0 Å². The summed E-state index contributed by atoms with van der Waals surface area (Å²) in [6.07, 6.45) is -1.27. The Kier molecular flexibility index (Phi) is 5.46. The number of hydrogen-bond donors (Lipinski definition) is 5. The molecule has 1 heterocycles. The van der Waals surface area contributed by atoms with Crippen LogP contribution in [0.2, 0.25) is 0 Å². The predicted octanol–water partition coefficient (Wildman–Crippen LogP) is -3.52. The Morgan fingerprint density at radius 2 is 2.00 bits per heavy atom. The predicted molar refractivity (Wildman–Crippen MR) is 48.3 cm³/mol. The fourth-order valence-corrected chi connectivity index (χ4v) is 1.11. The van der Waals surface area contributed by atoms with Gasteiger partial charge in [0.2, 0.25) is 6.35 Å². The van der Waals surface area contributed by atoms with E-state index in [1.807, 2.05) is 5.32 Å². The minimum Gasteiger partial charge on any atom is -0.379 e. The third-order valence-corrected chi connectivity index (χ3v) is 1.82. The van der Waals surface area contributed by atoms with Crippen LogP contribution in [-0.2, 0) is 9.78 Å². The summed E-state index contributed by atoms with van der Waals surface area (Å²) < 4.78 is 0. The molecule has 0 saturated carbocycles. The van der Waals surface area contributed by atoms with Crippen LogP contribution in [0.4, 0.5) is 4.79 Å². The van der Waals surface area contributed by atoms with Gasteiger partial charge in [-0.1, -0.05) is 5.06 Å². The number of hydroxylamine groups is 4. The molecule has 0 aliphatic carbocycles. The molecule has 11 heteroatoms. The van der Waals surface area contributed by atoms with Gasteiger partial charge >= 0.3 is 6.03 Å². The number of rotatable bonds is 5. The first kappa shape index (κ1) is 14.0. The molecule has 0 bridgehead atoms. The second kappa shape index (κ2) is 6.63. The molecule has 1 aliphatic rings. The number of carbonyl (C=O) groups excluding carboxylic acids is 1. The van der Waals surface area contributed by atoms with E-state index in [9.17, 15) is 4.79 Å². The lowest BCUT2D eigenvalue weighted by atomic mass is 10.7. The van der Waals surface area contributed by atoms with Gasteiger partial charge in [0, 0.05) is 0 Å². The maximum atomic E-state index is 11.4. The Morgan fingerprint density at radius 3 is 2.47 bits per heavy atom. The molecule has 1 rings (SSSR count). The fraction of sp³-hybridized carbons (Fsp3) is 0.833. The van der Waals surface area contributed by atoms with Gasteiger partial charge in [0.1, 0.15) is 26.9 Å². The zero-order chi connectivity index (χ0) is 12.8. The topological polar surface area (TPSA) is 138 Å². The van der Waals surface area contributed by atoms with Crippen molar-refractivity contribution >= 4 is 6.03 Å². The van der Waals surface area contributed by atoms with Gasteiger partial charge in [-0.05, 0) is 5.23 Å². The molecule has 0 aromatic heterocycles. The molecule has 0 aromatic rings. The second-order valence-corrected chi connectivity index (χ2v) is 2.80. The first-order chi connectivity index (χ1) is 8.17. The van der Waals surface area contributed by atoms with E-state index in [1.54, 1.807) is 0 Å². The molecule has 1 unspecified atom stereocenters. The van der Waals surface area contributed by atoms with Crippen molar-refractivity contribution in [1.29, 1.82) is 0 Å². The van der Waals surface area contributed by atoms with Crippen LogP contribution in [0.25, 0.3) is 0 Å². The Hall–Kier alpha value is -1.05. The van der Waals surface area contributed by atoms with Crippen LogP contribution in [-0.4, -0.2) is 74.9 Å². The van der Waals surface area contributed by atoms with Crippen molar-refractivity contribution in [2.75, 3.05) is 26.9 Å². The van der Waals surface area contributed by atoms with Gasteiger partial charge in [0.15, 0.2) is 0 Å². The molecule has 0 radical (unpaired) electrons. The van der Waals surface area contributed by atoms with Crippen LogP contribution < -0.4 is 5.32 Å². The van der Waals surface area contributed by atoms with Gasteiger partial charge in [-0.3, -0.25) is 4.90 Å². The van der Waals surface area contributed by atoms with E-state index in [0.717, 1.165) is 5.06 Å². The zero-order valence-corrected chi connectivity index (χ0v) is 8.76. The molecule has 11 nitrogen and oxygen atoms in total. The van der Waals surface area contributed by atoms with Crippen molar-refractivity contribution in [1.82, 2.24) is 20.5 Å². The SMILES string of the molecule is O=C(NCO)N(CO)C1ON(CO)ON1CO. The molecule has 2 amide bonds. The number of urea groups is 1. The number of nitrogens with zero attached hydrogens (tertiary/aromatic N) is 3. The van der Waals surface area contributed by atoms with Gasteiger partial charge in [-0.25, -0.2) is 9.63 Å². The van der Waals surface area contributed by atoms with Crippen molar-refractivity contribution in [3.05, 3.63) is 0 Å². The van der Waals surface area contributed by atoms with Crippen LogP contribution in [0, 0.1) is 0 Å². The highest BCUT2D eigenvalue weighted by atomic mass is 17.1. The third-order valence-electron chi connectivity index (χ3n) is 1.82. The van der Waals surface area contributed by atoms with E-state index < -0.39 is 39.3 Å². The minimum absolute atomic E-state index is 0.593. The largest absolute Gasteiger partial charge is 0.379 e. The maximum Gasteiger partial charge on any atom is 0.324 e. The molecule has 1 aliphatic heterocycles. The molecule has 0 spiro atoms. The van der Waals surface area contributed by atoms with Crippen molar-refractivity contribution in [2.45, 2.75) is 6.35 Å². The minimum atomic E-state index is -1.27. The second-order valence-electron chi connectivity index (χ2n) is 2.80. The van der Waals surface area contributed by atoms with Crippen molar-refractivity contribution in [3.63, 3.8) is 0 Å². The van der Waals surface area contributed by atoms with Gasteiger partial charge in [-0.2, -0.15) is 4.94 Å². The van der Waals surface area contributed by atoms with Gasteiger partial charge in [0.25, 0.3) is 0 Å². The lowest BCUT2D eigenvalue weighted by Crippen LogP contribution is -2.52. The number of hydrogen-bond acceptors (Lipinski definition) is 9. The molecule has 0 aromatic carbocycles. The summed E-state index contributed by atoms with van der Waals surface area (Å²) >= 11 is 0. The average molecular weight is 254 g/mol. The van der Waals surface area contributed by atoms with Crippen molar-refractivity contribution in [3.8, 4) is 0 Å². The quantitative estimate of drug-likeness (QED) is 0.316. The van der Waals surface area contributed by atoms with Crippen LogP contribution in [0.1, 0.15) is 0 Å². The highest BCUT2D eigenvalue weighted by Gasteiger charge is 2.39. The van der Waals surface area contributed by atoms with E-state index in [2.05, 4.69) is 0 Å². The molecular formula is C6H14N4O7. The molecule has 100 valence electrons. The number of aliphatic hydroxyl groups excluding tert-OH is 4. The molecule has 1 atom stereocenters. The van der Waals surface area contributed by atoms with Crippen molar-refractivity contribution in [2.24, 2.45) is 0 Å². The molecular weight excluding hydrogens is 240 g/mol. The van der Waals surface area contributed by atoms with E-state index in [4.69, 9.17) is 30.2 Å². The van der Waals surface area contributed by atoms with Crippen molar-refractivity contribution < 1.29 is 35.0 Å². The lowest BCUT2D eigenvalue weighted by molar-refractivity contribution is -0.381. The molecule has 5 N–H and O–H groups in total. The summed E-state index contributed by atoms with van der Waals surface area (Å²) in [5.41, 5.74) is 0. The fourth-order valence-electron chi connectivity index (χ4n) is 1.11. The summed E-state index contributed by atoms with van der Waals surface area (Å²) in [5, 5.41) is 38.6. The zero-order valence-electron chi connectivity index (χ0n) is 8.76. The van der Waals surface area contributed by atoms with Crippen LogP contribution in [0.3, 0.4) is 0 Å². The van der Waals surface area contributed by atoms with Gasteiger partial charge < -0.3 is 25.7 Å². The number of aliphatic hydroxyl groups is 4. The van der Waals surface area contributed by atoms with Crippen LogP contribution in [0.15, 0.2) is 0 Å². The van der Waals surface area contributed by atoms with E-state index in [1.165, 1.54) is 0 Å². The van der Waals surface area contributed by atoms with Crippen LogP contribution in [0.5, 0.6) is 0 Å². The highest BCUT2D eigenvalue weighted by Crippen LogP contribution is 2.18. The summed E-state index contributed by atoms with van der Waals surface area (Å²) in [4.78, 5) is 21.7. The Morgan fingerprint density at radius 1 is 1.29 bits per heavy atom. The van der Waals surface area contributed by atoms with Gasteiger partial charge in [0.05, 0.1) is 0 Å². The molecule has 1 fully saturated rings. The number of nitrogens with one attached hydrogen (secondary N) is 1. The number of amides is 2. The number of carbonyl (C=O) groups is 1. The first-order valence-corrected chi connectivity index (χ1v) is 4.54. The summed E-state index contributed by atoms with van der Waals surface area (Å²) in [7, 11) is 0. The maximum absolute atomic E-state index is 11.4. The summed E-state index contributed by atoms with van der Waals surface area (Å²) in [5.74, 6) is 0. The lowest BCUT2D eigenvalue weighted by Gasteiger charge is -2.27. The monoisotopic (exact) mass is 254 g/mol. The Labute approximate surface area is 95.8 Å². The Balaban J connectivity index is 2.69. The van der Waals surface area contributed by atoms with E-state index in [-0.39, 0.29) is 0 Å². The van der Waals surface area contributed by atoms with E-state index in [0.29, 0.717) is 10.1 Å². The Bertz CT molecular complexity index is 255. The standard InChI is InChI=1S/C6H14N4O7/c11-1-7-5(15)8(2-12)6-9(3-13)17-10(4-14)16-6/h6,11-14H,1-4H2,(H,7,15). The highest BCUT2D eigenvalue weighted by molar-refractivity contribution is 5.73. The summed E-state index contributed by atoms with van der Waals surface area (Å²) in [6, 6.07) is -0.846. The smallest absolute Gasteiger partial charge is 0.324 e. The normalized spacial score (nSPS) is 21.8.